The lowest BCUT2D eigenvalue weighted by molar-refractivity contribution is 0.0954. The maximum atomic E-state index is 12.6. The standard InChI is InChI=1S/C18H23N3O3S.ClH/c1-14(15-7-4-3-5-8-15)21-25(23,24)17-10-6-9-16(13-17)18(22)20-12-11-19-2;/h3-10,13-14,19,21H,11-12H2,1-2H3,(H,20,22);1H. The van der Waals surface area contributed by atoms with Crippen molar-refractivity contribution in [1.82, 2.24) is 15.4 Å². The Bertz CT molecular complexity index is 813. The van der Waals surface area contributed by atoms with Crippen molar-refractivity contribution in [1.29, 1.82) is 0 Å². The lowest BCUT2D eigenvalue weighted by Crippen LogP contribution is -2.31. The molecule has 6 nitrogen and oxygen atoms in total. The lowest BCUT2D eigenvalue weighted by Gasteiger charge is -2.15. The van der Waals surface area contributed by atoms with Gasteiger partial charge in [0.2, 0.25) is 10.0 Å². The number of benzene rings is 2. The summed E-state index contributed by atoms with van der Waals surface area (Å²) in [5.41, 5.74) is 1.18. The fraction of sp³-hybridized carbons (Fsp3) is 0.278. The lowest BCUT2D eigenvalue weighted by atomic mass is 10.1. The summed E-state index contributed by atoms with van der Waals surface area (Å²) in [5.74, 6) is -0.302. The Morgan fingerprint density at radius 1 is 1.04 bits per heavy atom. The van der Waals surface area contributed by atoms with Crippen LogP contribution in [0.5, 0.6) is 0 Å². The zero-order chi connectivity index (χ0) is 18.3. The minimum Gasteiger partial charge on any atom is -0.351 e. The minimum absolute atomic E-state index is 0. The minimum atomic E-state index is -3.73. The summed E-state index contributed by atoms with van der Waals surface area (Å²) in [4.78, 5) is 12.2. The number of halogens is 1. The van der Waals surface area contributed by atoms with E-state index >= 15 is 0 Å². The highest BCUT2D eigenvalue weighted by Crippen LogP contribution is 2.17. The number of nitrogens with one attached hydrogen (secondary N) is 3. The number of likely N-dealkylation sites (N-methyl/N-ethyl adjacent to an activating group) is 1. The quantitative estimate of drug-likeness (QED) is 0.595. The van der Waals surface area contributed by atoms with Crippen molar-refractivity contribution < 1.29 is 13.2 Å². The van der Waals surface area contributed by atoms with E-state index in [1.807, 2.05) is 30.3 Å². The van der Waals surface area contributed by atoms with Crippen LogP contribution in [0.4, 0.5) is 0 Å². The van der Waals surface area contributed by atoms with Crippen LogP contribution < -0.4 is 15.4 Å². The normalized spacial score (nSPS) is 12.1. The highest BCUT2D eigenvalue weighted by atomic mass is 35.5. The van der Waals surface area contributed by atoms with Crippen molar-refractivity contribution in [3.8, 4) is 0 Å². The van der Waals surface area contributed by atoms with Gasteiger partial charge >= 0.3 is 0 Å². The third kappa shape index (κ3) is 6.10. The third-order valence-corrected chi connectivity index (χ3v) is 5.24. The van der Waals surface area contributed by atoms with E-state index in [4.69, 9.17) is 0 Å². The molecule has 0 fully saturated rings. The predicted molar refractivity (Wildman–Crippen MR) is 105 cm³/mol. The van der Waals surface area contributed by atoms with E-state index in [0.29, 0.717) is 18.7 Å². The fourth-order valence-corrected chi connectivity index (χ4v) is 3.60. The Morgan fingerprint density at radius 2 is 1.73 bits per heavy atom. The predicted octanol–water partition coefficient (Wildman–Crippen LogP) is 2.10. The van der Waals surface area contributed by atoms with Crippen molar-refractivity contribution >= 4 is 28.3 Å². The highest BCUT2D eigenvalue weighted by molar-refractivity contribution is 7.89. The van der Waals surface area contributed by atoms with Crippen LogP contribution in [-0.4, -0.2) is 34.5 Å². The van der Waals surface area contributed by atoms with Crippen LogP contribution in [0.15, 0.2) is 59.5 Å². The monoisotopic (exact) mass is 397 g/mol. The molecule has 0 saturated heterocycles. The zero-order valence-electron chi connectivity index (χ0n) is 14.7. The molecule has 2 aromatic carbocycles. The van der Waals surface area contributed by atoms with Crippen molar-refractivity contribution in [2.24, 2.45) is 0 Å². The topological polar surface area (TPSA) is 87.3 Å². The Hall–Kier alpha value is -1.93. The summed E-state index contributed by atoms with van der Waals surface area (Å²) < 4.78 is 27.8. The van der Waals surface area contributed by atoms with E-state index in [2.05, 4.69) is 15.4 Å². The summed E-state index contributed by atoms with van der Waals surface area (Å²) in [6.45, 7) is 2.89. The van der Waals surface area contributed by atoms with Crippen molar-refractivity contribution in [2.75, 3.05) is 20.1 Å². The van der Waals surface area contributed by atoms with Gasteiger partial charge in [0.25, 0.3) is 5.91 Å². The summed E-state index contributed by atoms with van der Waals surface area (Å²) in [6.07, 6.45) is 0. The summed E-state index contributed by atoms with van der Waals surface area (Å²) in [7, 11) is -1.94. The molecule has 1 amide bonds. The van der Waals surface area contributed by atoms with Gasteiger partial charge in [-0.25, -0.2) is 13.1 Å². The second kappa shape index (κ2) is 10.3. The zero-order valence-corrected chi connectivity index (χ0v) is 16.4. The SMILES string of the molecule is CNCCNC(=O)c1cccc(S(=O)(=O)NC(C)c2ccccc2)c1.Cl. The van der Waals surface area contributed by atoms with E-state index in [-0.39, 0.29) is 29.3 Å². The molecular formula is C18H24ClN3O3S. The van der Waals surface area contributed by atoms with E-state index in [9.17, 15) is 13.2 Å². The van der Waals surface area contributed by atoms with E-state index in [0.717, 1.165) is 5.56 Å². The molecule has 8 heteroatoms. The van der Waals surface area contributed by atoms with Crippen molar-refractivity contribution in [3.05, 3.63) is 65.7 Å². The third-order valence-electron chi connectivity index (χ3n) is 3.70. The summed E-state index contributed by atoms with van der Waals surface area (Å²) >= 11 is 0. The molecule has 2 aromatic rings. The van der Waals surface area contributed by atoms with Gasteiger partial charge in [-0.3, -0.25) is 4.79 Å². The first-order valence-corrected chi connectivity index (χ1v) is 9.52. The average Bonchev–Trinajstić information content (AvgIpc) is 2.62. The second-order valence-corrected chi connectivity index (χ2v) is 7.35. The molecule has 26 heavy (non-hydrogen) atoms. The molecule has 0 aliphatic carbocycles. The molecule has 0 aromatic heterocycles. The molecule has 0 aliphatic rings. The van der Waals surface area contributed by atoms with Gasteiger partial charge in [-0.1, -0.05) is 36.4 Å². The van der Waals surface area contributed by atoms with Gasteiger partial charge < -0.3 is 10.6 Å². The maximum Gasteiger partial charge on any atom is 0.251 e. The van der Waals surface area contributed by atoms with Crippen LogP contribution in [-0.2, 0) is 10.0 Å². The van der Waals surface area contributed by atoms with Gasteiger partial charge in [-0.2, -0.15) is 0 Å². The molecule has 3 N–H and O–H groups in total. The molecule has 0 saturated carbocycles. The molecule has 2 rings (SSSR count). The van der Waals surface area contributed by atoms with Crippen LogP contribution in [0.3, 0.4) is 0 Å². The molecule has 0 aliphatic heterocycles. The average molecular weight is 398 g/mol. The largest absolute Gasteiger partial charge is 0.351 e. The van der Waals surface area contributed by atoms with Gasteiger partial charge in [-0.05, 0) is 37.7 Å². The molecule has 0 radical (unpaired) electrons. The van der Waals surface area contributed by atoms with Crippen LogP contribution >= 0.6 is 12.4 Å². The first-order chi connectivity index (χ1) is 11.9. The van der Waals surface area contributed by atoms with E-state index < -0.39 is 10.0 Å². The number of amides is 1. The van der Waals surface area contributed by atoms with Gasteiger partial charge in [-0.15, -0.1) is 12.4 Å². The summed E-state index contributed by atoms with van der Waals surface area (Å²) in [5, 5.41) is 5.66. The Kier molecular flexibility index (Phi) is 8.74. The molecule has 142 valence electrons. The molecular weight excluding hydrogens is 374 g/mol. The first kappa shape index (κ1) is 22.1. The maximum absolute atomic E-state index is 12.6. The first-order valence-electron chi connectivity index (χ1n) is 8.04. The van der Waals surface area contributed by atoms with Crippen molar-refractivity contribution in [2.45, 2.75) is 17.9 Å². The molecule has 0 bridgehead atoms. The van der Waals surface area contributed by atoms with E-state index in [1.54, 1.807) is 26.1 Å². The Labute approximate surface area is 160 Å². The number of carbonyl (C=O) groups excluding carboxylic acids is 1. The number of rotatable bonds is 8. The summed E-state index contributed by atoms with van der Waals surface area (Å²) in [6, 6.07) is 15.0. The molecule has 1 atom stereocenters. The van der Waals surface area contributed by atoms with Crippen LogP contribution in [0.2, 0.25) is 0 Å². The van der Waals surface area contributed by atoms with Crippen LogP contribution in [0.25, 0.3) is 0 Å². The van der Waals surface area contributed by atoms with Gasteiger partial charge in [0.1, 0.15) is 0 Å². The number of hydrogen-bond donors (Lipinski definition) is 3. The molecule has 1 unspecified atom stereocenters. The van der Waals surface area contributed by atoms with Gasteiger partial charge in [0.15, 0.2) is 0 Å². The smallest absolute Gasteiger partial charge is 0.251 e. The number of sulfonamides is 1. The van der Waals surface area contributed by atoms with Crippen LogP contribution in [0.1, 0.15) is 28.9 Å². The van der Waals surface area contributed by atoms with Crippen molar-refractivity contribution in [3.63, 3.8) is 0 Å². The van der Waals surface area contributed by atoms with E-state index in [1.165, 1.54) is 12.1 Å². The highest BCUT2D eigenvalue weighted by Gasteiger charge is 2.19. The number of carbonyl (C=O) groups is 1. The Balaban J connectivity index is 0.00000338. The molecule has 0 spiro atoms. The second-order valence-electron chi connectivity index (χ2n) is 5.64. The van der Waals surface area contributed by atoms with Gasteiger partial charge in [0.05, 0.1) is 4.90 Å². The Morgan fingerprint density at radius 3 is 2.38 bits per heavy atom. The number of hydrogen-bond acceptors (Lipinski definition) is 4. The molecule has 0 heterocycles. The fourth-order valence-electron chi connectivity index (χ4n) is 2.32. The van der Waals surface area contributed by atoms with Crippen LogP contribution in [0, 0.1) is 0 Å². The van der Waals surface area contributed by atoms with Gasteiger partial charge in [0, 0.05) is 24.7 Å².